The molecule has 2 N–H and O–H groups in total. The number of carbonyl (C=O) groups is 2. The van der Waals surface area contributed by atoms with Crippen LogP contribution in [0.15, 0.2) is 17.5 Å². The van der Waals surface area contributed by atoms with E-state index < -0.39 is 18.2 Å². The lowest BCUT2D eigenvalue weighted by Gasteiger charge is -2.45. The van der Waals surface area contributed by atoms with Crippen LogP contribution in [0.5, 0.6) is 0 Å². The normalized spacial score (nSPS) is 28.2. The summed E-state index contributed by atoms with van der Waals surface area (Å²) in [5.74, 6) is -0.346. The van der Waals surface area contributed by atoms with E-state index >= 15 is 0 Å². The van der Waals surface area contributed by atoms with E-state index in [0.29, 0.717) is 13.1 Å². The van der Waals surface area contributed by atoms with Gasteiger partial charge in [-0.3, -0.25) is 14.5 Å². The Kier molecular flexibility index (Phi) is 3.97. The number of piperazine rings is 2. The first-order chi connectivity index (χ1) is 10.1. The summed E-state index contributed by atoms with van der Waals surface area (Å²) in [6.45, 7) is 4.16. The van der Waals surface area contributed by atoms with Crippen molar-refractivity contribution in [3.8, 4) is 0 Å². The second-order valence-electron chi connectivity index (χ2n) is 5.59. The average Bonchev–Trinajstić information content (AvgIpc) is 2.95. The van der Waals surface area contributed by atoms with Crippen LogP contribution in [0.3, 0.4) is 0 Å². The highest BCUT2D eigenvalue weighted by molar-refractivity contribution is 7.09. The van der Waals surface area contributed by atoms with Crippen molar-refractivity contribution in [2.45, 2.75) is 31.7 Å². The summed E-state index contributed by atoms with van der Waals surface area (Å²) in [5, 5.41) is 14.3. The lowest BCUT2D eigenvalue weighted by atomic mass is 10.0. The zero-order chi connectivity index (χ0) is 15.0. The molecule has 0 aliphatic carbocycles. The minimum atomic E-state index is -0.869. The average molecular weight is 309 g/mol. The zero-order valence-electron chi connectivity index (χ0n) is 11.9. The number of aliphatic hydroxyl groups is 1. The minimum absolute atomic E-state index is 0.170. The van der Waals surface area contributed by atoms with Crippen molar-refractivity contribution in [1.82, 2.24) is 15.1 Å². The molecule has 0 radical (unpaired) electrons. The van der Waals surface area contributed by atoms with Gasteiger partial charge in [-0.2, -0.15) is 0 Å². The van der Waals surface area contributed by atoms with Crippen molar-refractivity contribution in [3.05, 3.63) is 22.4 Å². The summed E-state index contributed by atoms with van der Waals surface area (Å²) in [5.41, 5.74) is 0. The maximum Gasteiger partial charge on any atom is 0.248 e. The Bertz CT molecular complexity index is 532. The van der Waals surface area contributed by atoms with Gasteiger partial charge in [0.15, 0.2) is 0 Å². The first-order valence-electron chi connectivity index (χ1n) is 7.10. The van der Waals surface area contributed by atoms with Crippen molar-refractivity contribution in [1.29, 1.82) is 0 Å². The van der Waals surface area contributed by atoms with Crippen molar-refractivity contribution in [2.75, 3.05) is 19.6 Å². The third-order valence-corrected chi connectivity index (χ3v) is 4.92. The maximum atomic E-state index is 12.3. The van der Waals surface area contributed by atoms with Gasteiger partial charge >= 0.3 is 0 Å². The van der Waals surface area contributed by atoms with Crippen LogP contribution in [0.1, 0.15) is 11.8 Å². The van der Waals surface area contributed by atoms with Gasteiger partial charge in [0.1, 0.15) is 12.1 Å². The number of hydrogen-bond donors (Lipinski definition) is 2. The molecular formula is C14H19N3O3S. The van der Waals surface area contributed by atoms with Crippen molar-refractivity contribution in [2.24, 2.45) is 0 Å². The molecule has 0 unspecified atom stereocenters. The molecular weight excluding hydrogens is 290 g/mol. The van der Waals surface area contributed by atoms with Crippen molar-refractivity contribution in [3.63, 3.8) is 0 Å². The third kappa shape index (κ3) is 2.81. The van der Waals surface area contributed by atoms with Crippen LogP contribution < -0.4 is 5.32 Å². The highest BCUT2D eigenvalue weighted by Gasteiger charge is 2.44. The SMILES string of the molecule is C[C@H](O)[C@H]1NC(=O)[C@H]2CN(Cc3cccs3)CCN2C1=O. The van der Waals surface area contributed by atoms with Gasteiger partial charge in [-0.25, -0.2) is 0 Å². The fourth-order valence-corrected chi connectivity index (χ4v) is 3.66. The van der Waals surface area contributed by atoms with Gasteiger partial charge in [-0.1, -0.05) is 6.07 Å². The quantitative estimate of drug-likeness (QED) is 0.800. The Morgan fingerprint density at radius 2 is 2.29 bits per heavy atom. The number of nitrogens with zero attached hydrogens (tertiary/aromatic N) is 2. The topological polar surface area (TPSA) is 72.9 Å². The van der Waals surface area contributed by atoms with Gasteiger partial charge < -0.3 is 15.3 Å². The molecule has 7 heteroatoms. The monoisotopic (exact) mass is 309 g/mol. The van der Waals surface area contributed by atoms with Gasteiger partial charge in [0, 0.05) is 31.1 Å². The molecule has 2 aliphatic heterocycles. The molecule has 0 aromatic carbocycles. The predicted molar refractivity (Wildman–Crippen MR) is 78.7 cm³/mol. The van der Waals surface area contributed by atoms with Crippen LogP contribution in [0.4, 0.5) is 0 Å². The molecule has 0 saturated carbocycles. The van der Waals surface area contributed by atoms with Gasteiger partial charge in [0.25, 0.3) is 0 Å². The first kappa shape index (κ1) is 14.5. The molecule has 21 heavy (non-hydrogen) atoms. The second kappa shape index (κ2) is 5.75. The number of hydrogen-bond acceptors (Lipinski definition) is 5. The molecule has 1 aromatic heterocycles. The van der Waals surface area contributed by atoms with E-state index in [1.807, 2.05) is 11.4 Å². The molecule has 1 aromatic rings. The number of thiophene rings is 1. The molecule has 3 atom stereocenters. The highest BCUT2D eigenvalue weighted by Crippen LogP contribution is 2.20. The van der Waals surface area contributed by atoms with Crippen LogP contribution in [0, 0.1) is 0 Å². The zero-order valence-corrected chi connectivity index (χ0v) is 12.7. The summed E-state index contributed by atoms with van der Waals surface area (Å²) in [7, 11) is 0. The Labute approximate surface area is 127 Å². The number of fused-ring (bicyclic) bond motifs is 1. The van der Waals surface area contributed by atoms with Crippen LogP contribution >= 0.6 is 11.3 Å². The maximum absolute atomic E-state index is 12.3. The van der Waals surface area contributed by atoms with Crippen LogP contribution in [-0.4, -0.2) is 64.5 Å². The highest BCUT2D eigenvalue weighted by atomic mass is 32.1. The van der Waals surface area contributed by atoms with E-state index in [1.165, 1.54) is 11.8 Å². The van der Waals surface area contributed by atoms with E-state index in [0.717, 1.165) is 13.1 Å². The Morgan fingerprint density at radius 1 is 1.48 bits per heavy atom. The largest absolute Gasteiger partial charge is 0.391 e. The fraction of sp³-hybridized carbons (Fsp3) is 0.571. The van der Waals surface area contributed by atoms with Crippen LogP contribution in [0.25, 0.3) is 0 Å². The molecule has 6 nitrogen and oxygen atoms in total. The standard InChI is InChI=1S/C14H19N3O3S/c1-9(18)12-14(20)17-5-4-16(7-10-3-2-6-21-10)8-11(17)13(19)15-12/h2-3,6,9,11-12,18H,4-5,7-8H2,1H3,(H,15,19)/t9-,11+,12+/m0/s1. The van der Waals surface area contributed by atoms with Crippen LogP contribution in [0.2, 0.25) is 0 Å². The smallest absolute Gasteiger partial charge is 0.248 e. The Morgan fingerprint density at radius 3 is 2.95 bits per heavy atom. The molecule has 2 saturated heterocycles. The van der Waals surface area contributed by atoms with Crippen molar-refractivity contribution < 1.29 is 14.7 Å². The molecule has 2 fully saturated rings. The molecule has 2 amide bonds. The minimum Gasteiger partial charge on any atom is -0.391 e. The third-order valence-electron chi connectivity index (χ3n) is 4.06. The summed E-state index contributed by atoms with van der Waals surface area (Å²) in [4.78, 5) is 29.6. The number of nitrogens with one attached hydrogen (secondary N) is 1. The summed E-state index contributed by atoms with van der Waals surface area (Å²) >= 11 is 1.70. The van der Waals surface area contributed by atoms with E-state index in [2.05, 4.69) is 16.3 Å². The summed E-state index contributed by atoms with van der Waals surface area (Å²) in [6.07, 6.45) is -0.869. The molecule has 0 bridgehead atoms. The van der Waals surface area contributed by atoms with Gasteiger partial charge in [-0.15, -0.1) is 11.3 Å². The molecule has 114 valence electrons. The molecule has 0 spiro atoms. The first-order valence-corrected chi connectivity index (χ1v) is 7.98. The van der Waals surface area contributed by atoms with E-state index in [4.69, 9.17) is 0 Å². The Hall–Kier alpha value is -1.44. The van der Waals surface area contributed by atoms with E-state index in [9.17, 15) is 14.7 Å². The van der Waals surface area contributed by atoms with Crippen LogP contribution in [-0.2, 0) is 16.1 Å². The lowest BCUT2D eigenvalue weighted by molar-refractivity contribution is -0.156. The number of amides is 2. The van der Waals surface area contributed by atoms with Gasteiger partial charge in [0.05, 0.1) is 6.10 Å². The van der Waals surface area contributed by atoms with E-state index in [1.54, 1.807) is 16.2 Å². The fourth-order valence-electron chi connectivity index (χ4n) is 2.91. The number of aliphatic hydroxyl groups excluding tert-OH is 1. The van der Waals surface area contributed by atoms with Crippen molar-refractivity contribution >= 4 is 23.2 Å². The molecule has 3 heterocycles. The molecule has 2 aliphatic rings. The Balaban J connectivity index is 1.69. The second-order valence-corrected chi connectivity index (χ2v) is 6.62. The lowest BCUT2D eigenvalue weighted by Crippen LogP contribution is -2.70. The molecule has 3 rings (SSSR count). The van der Waals surface area contributed by atoms with Gasteiger partial charge in [0.2, 0.25) is 11.8 Å². The summed E-state index contributed by atoms with van der Waals surface area (Å²) < 4.78 is 0. The van der Waals surface area contributed by atoms with E-state index in [-0.39, 0.29) is 11.8 Å². The summed E-state index contributed by atoms with van der Waals surface area (Å²) in [6, 6.07) is 2.84. The predicted octanol–water partition coefficient (Wildman–Crippen LogP) is -0.360. The number of rotatable bonds is 3. The van der Waals surface area contributed by atoms with Gasteiger partial charge in [-0.05, 0) is 18.4 Å². The number of carbonyl (C=O) groups excluding carboxylic acids is 2.